The third kappa shape index (κ3) is 3.20. The Morgan fingerprint density at radius 2 is 2.06 bits per heavy atom. The highest BCUT2D eigenvalue weighted by atomic mass is 16.1. The predicted octanol–water partition coefficient (Wildman–Crippen LogP) is 1.14. The first-order chi connectivity index (χ1) is 7.54. The second-order valence-corrected chi connectivity index (χ2v) is 4.08. The number of hydrogen-bond acceptors (Lipinski definition) is 4. The molecule has 1 unspecified atom stereocenters. The average molecular weight is 222 g/mol. The number of nitrogens with two attached hydrogens (primary N) is 1. The third-order valence-corrected chi connectivity index (χ3v) is 2.52. The van der Waals surface area contributed by atoms with E-state index < -0.39 is 0 Å². The summed E-state index contributed by atoms with van der Waals surface area (Å²) >= 11 is 0. The standard InChI is InChI=1S/C11H18N4O/c1-7(2)8(3)14-11(16)10-5-4-9(15-12)6-13-10/h4-8,15H,12H2,1-3H3,(H,14,16). The van der Waals surface area contributed by atoms with Crippen molar-refractivity contribution in [3.05, 3.63) is 24.0 Å². The Morgan fingerprint density at radius 3 is 2.50 bits per heavy atom. The molecular weight excluding hydrogens is 204 g/mol. The maximum atomic E-state index is 11.7. The van der Waals surface area contributed by atoms with Crippen LogP contribution in [-0.2, 0) is 0 Å². The van der Waals surface area contributed by atoms with Crippen molar-refractivity contribution >= 4 is 11.6 Å². The van der Waals surface area contributed by atoms with Crippen molar-refractivity contribution in [2.45, 2.75) is 26.8 Å². The van der Waals surface area contributed by atoms with E-state index in [-0.39, 0.29) is 11.9 Å². The summed E-state index contributed by atoms with van der Waals surface area (Å²) in [5.74, 6) is 5.44. The van der Waals surface area contributed by atoms with E-state index in [9.17, 15) is 4.79 Å². The molecule has 0 spiro atoms. The minimum absolute atomic E-state index is 0.126. The van der Waals surface area contributed by atoms with Crippen LogP contribution in [0.2, 0.25) is 0 Å². The monoisotopic (exact) mass is 222 g/mol. The zero-order chi connectivity index (χ0) is 12.1. The Kier molecular flexibility index (Phi) is 4.25. The topological polar surface area (TPSA) is 80.0 Å². The van der Waals surface area contributed by atoms with Gasteiger partial charge in [-0.1, -0.05) is 13.8 Å². The number of hydrogen-bond donors (Lipinski definition) is 3. The molecule has 0 bridgehead atoms. The minimum Gasteiger partial charge on any atom is -0.348 e. The van der Waals surface area contributed by atoms with E-state index in [4.69, 9.17) is 5.84 Å². The number of pyridine rings is 1. The van der Waals surface area contributed by atoms with Crippen molar-refractivity contribution in [1.29, 1.82) is 0 Å². The molecule has 1 aromatic rings. The van der Waals surface area contributed by atoms with E-state index in [2.05, 4.69) is 29.6 Å². The number of nitrogen functional groups attached to an aromatic ring is 1. The Bertz CT molecular complexity index is 348. The van der Waals surface area contributed by atoms with Crippen LogP contribution >= 0.6 is 0 Å². The minimum atomic E-state index is -0.162. The van der Waals surface area contributed by atoms with Crippen LogP contribution in [-0.4, -0.2) is 16.9 Å². The maximum Gasteiger partial charge on any atom is 0.270 e. The van der Waals surface area contributed by atoms with Crippen LogP contribution in [0.25, 0.3) is 0 Å². The summed E-state index contributed by atoms with van der Waals surface area (Å²) in [6.07, 6.45) is 1.52. The molecule has 0 aliphatic carbocycles. The molecule has 0 saturated heterocycles. The van der Waals surface area contributed by atoms with Gasteiger partial charge in [0.2, 0.25) is 0 Å². The molecule has 1 atom stereocenters. The Labute approximate surface area is 95.4 Å². The fraction of sp³-hybridized carbons (Fsp3) is 0.455. The highest BCUT2D eigenvalue weighted by molar-refractivity contribution is 5.92. The van der Waals surface area contributed by atoms with Crippen LogP contribution < -0.4 is 16.6 Å². The molecule has 88 valence electrons. The summed E-state index contributed by atoms with van der Waals surface area (Å²) in [5, 5.41) is 2.88. The fourth-order valence-electron chi connectivity index (χ4n) is 1.06. The zero-order valence-electron chi connectivity index (χ0n) is 9.82. The number of aromatic nitrogens is 1. The molecule has 0 aromatic carbocycles. The molecule has 1 amide bonds. The van der Waals surface area contributed by atoms with Crippen molar-refractivity contribution in [3.8, 4) is 0 Å². The van der Waals surface area contributed by atoms with Gasteiger partial charge in [-0.2, -0.15) is 0 Å². The molecule has 5 heteroatoms. The summed E-state index contributed by atoms with van der Waals surface area (Å²) in [5.41, 5.74) is 3.53. The SMILES string of the molecule is CC(C)C(C)NC(=O)c1ccc(NN)cn1. The highest BCUT2D eigenvalue weighted by Gasteiger charge is 2.13. The van der Waals surface area contributed by atoms with Gasteiger partial charge in [0.05, 0.1) is 11.9 Å². The number of hydrazine groups is 1. The number of carbonyl (C=O) groups excluding carboxylic acids is 1. The predicted molar refractivity (Wildman–Crippen MR) is 63.8 cm³/mol. The first kappa shape index (κ1) is 12.4. The normalized spacial score (nSPS) is 12.3. The molecule has 0 aliphatic heterocycles. The molecule has 4 N–H and O–H groups in total. The van der Waals surface area contributed by atoms with Gasteiger partial charge in [0.25, 0.3) is 5.91 Å². The first-order valence-corrected chi connectivity index (χ1v) is 5.28. The van der Waals surface area contributed by atoms with E-state index in [0.717, 1.165) is 0 Å². The Morgan fingerprint density at radius 1 is 1.38 bits per heavy atom. The Hall–Kier alpha value is -1.62. The van der Waals surface area contributed by atoms with Gasteiger partial charge in [-0.05, 0) is 25.0 Å². The molecular formula is C11H18N4O. The van der Waals surface area contributed by atoms with Gasteiger partial charge >= 0.3 is 0 Å². The quantitative estimate of drug-likeness (QED) is 0.527. The fourth-order valence-corrected chi connectivity index (χ4v) is 1.06. The van der Waals surface area contributed by atoms with Gasteiger partial charge in [0, 0.05) is 6.04 Å². The van der Waals surface area contributed by atoms with Gasteiger partial charge < -0.3 is 10.7 Å². The van der Waals surface area contributed by atoms with Crippen molar-refractivity contribution in [2.24, 2.45) is 11.8 Å². The van der Waals surface area contributed by atoms with Crippen molar-refractivity contribution in [3.63, 3.8) is 0 Å². The zero-order valence-corrected chi connectivity index (χ0v) is 9.82. The van der Waals surface area contributed by atoms with E-state index in [0.29, 0.717) is 17.3 Å². The third-order valence-electron chi connectivity index (χ3n) is 2.52. The summed E-state index contributed by atoms with van der Waals surface area (Å²) in [4.78, 5) is 15.7. The van der Waals surface area contributed by atoms with Crippen LogP contribution in [0.5, 0.6) is 0 Å². The summed E-state index contributed by atoms with van der Waals surface area (Å²) in [7, 11) is 0. The number of nitrogens with one attached hydrogen (secondary N) is 2. The Balaban J connectivity index is 2.66. The van der Waals surface area contributed by atoms with Gasteiger partial charge in [-0.15, -0.1) is 0 Å². The molecule has 1 aromatic heterocycles. The van der Waals surface area contributed by atoms with E-state index in [1.54, 1.807) is 12.1 Å². The molecule has 16 heavy (non-hydrogen) atoms. The first-order valence-electron chi connectivity index (χ1n) is 5.28. The number of rotatable bonds is 4. The lowest BCUT2D eigenvalue weighted by Gasteiger charge is -2.16. The number of amides is 1. The number of anilines is 1. The molecule has 1 heterocycles. The molecule has 0 aliphatic rings. The van der Waals surface area contributed by atoms with E-state index in [1.165, 1.54) is 6.20 Å². The summed E-state index contributed by atoms with van der Waals surface area (Å²) < 4.78 is 0. The number of nitrogens with zero attached hydrogens (tertiary/aromatic N) is 1. The van der Waals surface area contributed by atoms with Crippen LogP contribution in [0.4, 0.5) is 5.69 Å². The van der Waals surface area contributed by atoms with Crippen LogP contribution in [0.15, 0.2) is 18.3 Å². The van der Waals surface area contributed by atoms with E-state index >= 15 is 0 Å². The highest BCUT2D eigenvalue weighted by Crippen LogP contribution is 2.05. The van der Waals surface area contributed by atoms with Crippen molar-refractivity contribution in [2.75, 3.05) is 5.43 Å². The number of carbonyl (C=O) groups is 1. The van der Waals surface area contributed by atoms with Crippen molar-refractivity contribution < 1.29 is 4.79 Å². The lowest BCUT2D eigenvalue weighted by atomic mass is 10.1. The lowest BCUT2D eigenvalue weighted by molar-refractivity contribution is 0.0925. The van der Waals surface area contributed by atoms with Crippen molar-refractivity contribution in [1.82, 2.24) is 10.3 Å². The largest absolute Gasteiger partial charge is 0.348 e. The lowest BCUT2D eigenvalue weighted by Crippen LogP contribution is -2.36. The molecule has 0 fully saturated rings. The van der Waals surface area contributed by atoms with Crippen LogP contribution in [0, 0.1) is 5.92 Å². The van der Waals surface area contributed by atoms with Gasteiger partial charge in [0.1, 0.15) is 5.69 Å². The molecule has 0 radical (unpaired) electrons. The van der Waals surface area contributed by atoms with Crippen LogP contribution in [0.1, 0.15) is 31.3 Å². The molecule has 5 nitrogen and oxygen atoms in total. The van der Waals surface area contributed by atoms with E-state index in [1.807, 2.05) is 6.92 Å². The summed E-state index contributed by atoms with van der Waals surface area (Å²) in [6, 6.07) is 3.47. The molecule has 0 saturated carbocycles. The van der Waals surface area contributed by atoms with Gasteiger partial charge in [0.15, 0.2) is 0 Å². The van der Waals surface area contributed by atoms with Crippen LogP contribution in [0.3, 0.4) is 0 Å². The maximum absolute atomic E-state index is 11.7. The van der Waals surface area contributed by atoms with Gasteiger partial charge in [-0.25, -0.2) is 4.98 Å². The van der Waals surface area contributed by atoms with Gasteiger partial charge in [-0.3, -0.25) is 10.6 Å². The average Bonchev–Trinajstić information content (AvgIpc) is 2.28. The molecule has 1 rings (SSSR count). The second-order valence-electron chi connectivity index (χ2n) is 4.08. The smallest absolute Gasteiger partial charge is 0.270 e. The second kappa shape index (κ2) is 5.46. The summed E-state index contributed by atoms with van der Waals surface area (Å²) in [6.45, 7) is 6.08.